The molecule has 0 aromatic heterocycles. The third-order valence-electron chi connectivity index (χ3n) is 2.62. The van der Waals surface area contributed by atoms with E-state index in [1.54, 1.807) is 0 Å². The quantitative estimate of drug-likeness (QED) is 0.802. The largest absolute Gasteiger partial charge is 0.478 e. The zero-order valence-electron chi connectivity index (χ0n) is 9.08. The van der Waals surface area contributed by atoms with E-state index < -0.39 is 38.4 Å². The molecule has 18 heavy (non-hydrogen) atoms. The second kappa shape index (κ2) is 4.30. The van der Waals surface area contributed by atoms with Gasteiger partial charge in [0, 0.05) is 13.1 Å². The summed E-state index contributed by atoms with van der Waals surface area (Å²) in [5, 5.41) is 18.0. The molecule has 1 aliphatic heterocycles. The van der Waals surface area contributed by atoms with E-state index in [9.17, 15) is 17.6 Å². The molecule has 1 heterocycles. The van der Waals surface area contributed by atoms with Crippen LogP contribution in [-0.4, -0.2) is 48.1 Å². The minimum atomic E-state index is -4.08. The fourth-order valence-corrected chi connectivity index (χ4v) is 3.35. The Morgan fingerprint density at radius 3 is 2.50 bits per heavy atom. The van der Waals surface area contributed by atoms with Gasteiger partial charge < -0.3 is 10.2 Å². The summed E-state index contributed by atoms with van der Waals surface area (Å²) in [5.74, 6) is -2.28. The highest BCUT2D eigenvalue weighted by Crippen LogP contribution is 2.25. The zero-order chi connectivity index (χ0) is 13.5. The summed E-state index contributed by atoms with van der Waals surface area (Å²) in [7, 11) is -4.08. The zero-order valence-corrected chi connectivity index (χ0v) is 9.89. The SMILES string of the molecule is O=C(O)c1ccc(F)cc1S(=O)(=O)N1CC(O)C1. The molecule has 6 nitrogen and oxygen atoms in total. The van der Waals surface area contributed by atoms with E-state index in [1.165, 1.54) is 0 Å². The first-order valence-electron chi connectivity index (χ1n) is 5.03. The van der Waals surface area contributed by atoms with Gasteiger partial charge in [0.25, 0.3) is 0 Å². The van der Waals surface area contributed by atoms with Crippen molar-refractivity contribution in [3.63, 3.8) is 0 Å². The molecule has 0 saturated carbocycles. The number of benzene rings is 1. The predicted molar refractivity (Wildman–Crippen MR) is 58.1 cm³/mol. The van der Waals surface area contributed by atoms with Crippen molar-refractivity contribution in [1.82, 2.24) is 4.31 Å². The summed E-state index contributed by atoms with van der Waals surface area (Å²) < 4.78 is 38.0. The summed E-state index contributed by atoms with van der Waals surface area (Å²) in [6.07, 6.45) is -0.762. The third-order valence-corrected chi connectivity index (χ3v) is 4.49. The Bertz CT molecular complexity index is 594. The lowest BCUT2D eigenvalue weighted by molar-refractivity contribution is 0.0546. The number of sulfonamides is 1. The molecule has 2 rings (SSSR count). The van der Waals surface area contributed by atoms with Gasteiger partial charge in [-0.05, 0) is 18.2 Å². The molecule has 0 radical (unpaired) electrons. The number of nitrogens with zero attached hydrogens (tertiary/aromatic N) is 1. The summed E-state index contributed by atoms with van der Waals surface area (Å²) in [6.45, 7) is -0.226. The number of halogens is 1. The first kappa shape index (κ1) is 12.9. The molecule has 98 valence electrons. The minimum Gasteiger partial charge on any atom is -0.478 e. The van der Waals surface area contributed by atoms with Crippen LogP contribution in [0.5, 0.6) is 0 Å². The van der Waals surface area contributed by atoms with Gasteiger partial charge in [-0.25, -0.2) is 17.6 Å². The van der Waals surface area contributed by atoms with Crippen LogP contribution in [0.2, 0.25) is 0 Å². The van der Waals surface area contributed by atoms with Crippen LogP contribution in [0.1, 0.15) is 10.4 Å². The smallest absolute Gasteiger partial charge is 0.337 e. The van der Waals surface area contributed by atoms with Crippen LogP contribution in [0.15, 0.2) is 23.1 Å². The summed E-state index contributed by atoms with van der Waals surface area (Å²) in [5.41, 5.74) is -0.488. The van der Waals surface area contributed by atoms with Gasteiger partial charge in [-0.3, -0.25) is 0 Å². The molecule has 0 bridgehead atoms. The van der Waals surface area contributed by atoms with Crippen molar-refractivity contribution >= 4 is 16.0 Å². The maximum absolute atomic E-state index is 13.1. The molecule has 0 atom stereocenters. The molecule has 0 unspecified atom stereocenters. The van der Waals surface area contributed by atoms with E-state index in [-0.39, 0.29) is 13.1 Å². The first-order chi connectivity index (χ1) is 8.32. The fourth-order valence-electron chi connectivity index (χ4n) is 1.64. The van der Waals surface area contributed by atoms with Crippen LogP contribution in [0.3, 0.4) is 0 Å². The van der Waals surface area contributed by atoms with Crippen LogP contribution in [0, 0.1) is 5.82 Å². The van der Waals surface area contributed by atoms with Gasteiger partial charge in [0.15, 0.2) is 0 Å². The number of rotatable bonds is 3. The number of aliphatic hydroxyl groups is 1. The second-order valence-corrected chi connectivity index (χ2v) is 5.83. The van der Waals surface area contributed by atoms with Gasteiger partial charge in [0.05, 0.1) is 16.6 Å². The van der Waals surface area contributed by atoms with Crippen molar-refractivity contribution in [2.24, 2.45) is 0 Å². The van der Waals surface area contributed by atoms with Crippen molar-refractivity contribution < 1.29 is 27.8 Å². The number of hydrogen-bond donors (Lipinski definition) is 2. The topological polar surface area (TPSA) is 94.9 Å². The summed E-state index contributed by atoms with van der Waals surface area (Å²) in [6, 6.07) is 2.46. The Balaban J connectivity index is 2.49. The van der Waals surface area contributed by atoms with Gasteiger partial charge in [0.1, 0.15) is 5.82 Å². The maximum Gasteiger partial charge on any atom is 0.337 e. The average molecular weight is 275 g/mol. The minimum absolute atomic E-state index is 0.113. The number of carbonyl (C=O) groups is 1. The van der Waals surface area contributed by atoms with Gasteiger partial charge in [-0.2, -0.15) is 4.31 Å². The molecule has 1 aromatic carbocycles. The number of carboxylic acid groups (broad SMARTS) is 1. The fraction of sp³-hybridized carbons (Fsp3) is 0.300. The van der Waals surface area contributed by atoms with Crippen molar-refractivity contribution in [2.75, 3.05) is 13.1 Å². The number of β-amino-alcohol motifs (C(OH)–C–C–N with tert-alkyl or cyclic N) is 1. The van der Waals surface area contributed by atoms with E-state index in [4.69, 9.17) is 10.2 Å². The Kier molecular flexibility index (Phi) is 3.09. The molecule has 8 heteroatoms. The number of aromatic carboxylic acids is 1. The molecule has 1 aromatic rings. The molecule has 0 amide bonds. The second-order valence-electron chi connectivity index (χ2n) is 3.92. The van der Waals surface area contributed by atoms with Crippen LogP contribution in [0.4, 0.5) is 4.39 Å². The van der Waals surface area contributed by atoms with Crippen molar-refractivity contribution in [3.05, 3.63) is 29.6 Å². The molecule has 0 aliphatic carbocycles. The lowest BCUT2D eigenvalue weighted by Crippen LogP contribution is -2.53. The normalized spacial score (nSPS) is 17.4. The average Bonchev–Trinajstić information content (AvgIpc) is 2.24. The van der Waals surface area contributed by atoms with E-state index in [2.05, 4.69) is 0 Å². The third kappa shape index (κ3) is 2.09. The highest BCUT2D eigenvalue weighted by molar-refractivity contribution is 7.89. The number of hydrogen-bond acceptors (Lipinski definition) is 4. The predicted octanol–water partition coefficient (Wildman–Crippen LogP) is -0.111. The summed E-state index contributed by atoms with van der Waals surface area (Å²) >= 11 is 0. The molecule has 1 aliphatic rings. The Morgan fingerprint density at radius 1 is 1.39 bits per heavy atom. The molecular formula is C10H10FNO5S. The van der Waals surface area contributed by atoms with E-state index >= 15 is 0 Å². The van der Waals surface area contributed by atoms with Gasteiger partial charge >= 0.3 is 5.97 Å². The van der Waals surface area contributed by atoms with Gasteiger partial charge in [-0.15, -0.1) is 0 Å². The van der Waals surface area contributed by atoms with Crippen molar-refractivity contribution in [3.8, 4) is 0 Å². The molecular weight excluding hydrogens is 265 g/mol. The Hall–Kier alpha value is -1.51. The van der Waals surface area contributed by atoms with Crippen LogP contribution in [-0.2, 0) is 10.0 Å². The van der Waals surface area contributed by atoms with Crippen LogP contribution >= 0.6 is 0 Å². The maximum atomic E-state index is 13.1. The molecule has 1 saturated heterocycles. The standard InChI is InChI=1S/C10H10FNO5S/c11-6-1-2-8(10(14)15)9(3-6)18(16,17)12-4-7(13)5-12/h1-3,7,13H,4-5H2,(H,14,15). The molecule has 0 spiro atoms. The lowest BCUT2D eigenvalue weighted by Gasteiger charge is -2.34. The van der Waals surface area contributed by atoms with E-state index in [0.717, 1.165) is 16.4 Å². The van der Waals surface area contributed by atoms with Crippen molar-refractivity contribution in [1.29, 1.82) is 0 Å². The Morgan fingerprint density at radius 2 is 2.00 bits per heavy atom. The Labute approximate surface area is 102 Å². The highest BCUT2D eigenvalue weighted by atomic mass is 32.2. The first-order valence-corrected chi connectivity index (χ1v) is 6.47. The van der Waals surface area contributed by atoms with Gasteiger partial charge in [0.2, 0.25) is 10.0 Å². The molecule has 2 N–H and O–H groups in total. The van der Waals surface area contributed by atoms with E-state index in [1.807, 2.05) is 0 Å². The molecule has 1 fully saturated rings. The summed E-state index contributed by atoms with van der Waals surface area (Å²) in [4.78, 5) is 10.3. The van der Waals surface area contributed by atoms with Gasteiger partial charge in [-0.1, -0.05) is 0 Å². The highest BCUT2D eigenvalue weighted by Gasteiger charge is 2.37. The van der Waals surface area contributed by atoms with Crippen LogP contribution in [0.25, 0.3) is 0 Å². The number of carboxylic acids is 1. The lowest BCUT2D eigenvalue weighted by atomic mass is 10.2. The van der Waals surface area contributed by atoms with Crippen LogP contribution < -0.4 is 0 Å². The van der Waals surface area contributed by atoms with Crippen molar-refractivity contribution in [2.45, 2.75) is 11.0 Å². The van der Waals surface area contributed by atoms with E-state index in [0.29, 0.717) is 6.07 Å². The monoisotopic (exact) mass is 275 g/mol. The number of aliphatic hydroxyl groups excluding tert-OH is 1.